The molecule has 5 unspecified atom stereocenters. The minimum absolute atomic E-state index is 0.158. The number of ether oxygens (including phenoxy) is 3. The molecule has 1 aliphatic heterocycles. The highest BCUT2D eigenvalue weighted by Gasteiger charge is 2.35. The molecule has 242 valence electrons. The van der Waals surface area contributed by atoms with Crippen molar-refractivity contribution >= 4 is 6.16 Å². The van der Waals surface area contributed by atoms with Gasteiger partial charge in [-0.1, -0.05) is 79.6 Å². The number of fused-ring (bicyclic) bond motifs is 1. The maximum atomic E-state index is 12.5. The van der Waals surface area contributed by atoms with Crippen molar-refractivity contribution in [3.05, 3.63) is 22.3 Å². The zero-order valence-corrected chi connectivity index (χ0v) is 28.3. The minimum atomic E-state index is -0.929. The van der Waals surface area contributed by atoms with E-state index in [9.17, 15) is 15.0 Å². The van der Waals surface area contributed by atoms with E-state index in [4.69, 9.17) is 14.2 Å². The Labute approximate surface area is 256 Å². The minimum Gasteiger partial charge on any atom is -0.487 e. The lowest BCUT2D eigenvalue weighted by Gasteiger charge is -2.38. The molecule has 0 saturated carbocycles. The van der Waals surface area contributed by atoms with E-state index in [2.05, 4.69) is 34.6 Å². The molecule has 6 nitrogen and oxygen atoms in total. The molecule has 6 heteroatoms. The summed E-state index contributed by atoms with van der Waals surface area (Å²) in [6.07, 6.45) is 12.2. The van der Waals surface area contributed by atoms with Crippen molar-refractivity contribution in [3.8, 4) is 11.5 Å². The Balaban J connectivity index is 1.88. The van der Waals surface area contributed by atoms with Gasteiger partial charge < -0.3 is 24.4 Å². The van der Waals surface area contributed by atoms with Gasteiger partial charge in [-0.05, 0) is 94.2 Å². The third-order valence-electron chi connectivity index (χ3n) is 9.70. The van der Waals surface area contributed by atoms with Gasteiger partial charge in [0.25, 0.3) is 0 Å². The summed E-state index contributed by atoms with van der Waals surface area (Å²) in [5, 5.41) is 19.5. The van der Waals surface area contributed by atoms with Crippen LogP contribution in [-0.2, 0) is 11.2 Å². The maximum Gasteiger partial charge on any atom is 0.513 e. The van der Waals surface area contributed by atoms with Gasteiger partial charge in [-0.2, -0.15) is 0 Å². The SMILES string of the molecule is CCC(CO)C(O)COC(=O)Oc1c(C)c(C)c2c(c1C)CCC(C)(CCCC(C)CCCC(C)CCCC(C)C)O2. The lowest BCUT2D eigenvalue weighted by Crippen LogP contribution is -2.37. The van der Waals surface area contributed by atoms with Crippen molar-refractivity contribution in [1.29, 1.82) is 0 Å². The van der Waals surface area contributed by atoms with Gasteiger partial charge in [-0.15, -0.1) is 0 Å². The Morgan fingerprint density at radius 3 is 2.10 bits per heavy atom. The second-order valence-electron chi connectivity index (χ2n) is 14.0. The van der Waals surface area contributed by atoms with Crippen molar-refractivity contribution in [1.82, 2.24) is 0 Å². The van der Waals surface area contributed by atoms with Crippen LogP contribution in [0.1, 0.15) is 134 Å². The third-order valence-corrected chi connectivity index (χ3v) is 9.70. The first-order valence-electron chi connectivity index (χ1n) is 16.8. The van der Waals surface area contributed by atoms with E-state index >= 15 is 0 Å². The molecule has 1 aliphatic rings. The standard InChI is InChI=1S/C36H62O6/c1-10-30(22-37)32(38)23-40-35(39)41-33-27(6)28(7)34-31(29(33)8)19-21-36(9,42-34)20-13-18-26(5)17-12-16-25(4)15-11-14-24(2)3/h24-26,30,32,37-38H,10-23H2,1-9H3. The fourth-order valence-electron chi connectivity index (χ4n) is 6.34. The van der Waals surface area contributed by atoms with Gasteiger partial charge in [0.1, 0.15) is 23.7 Å². The predicted octanol–water partition coefficient (Wildman–Crippen LogP) is 9.03. The Hall–Kier alpha value is -1.79. The van der Waals surface area contributed by atoms with Crippen LogP contribution < -0.4 is 9.47 Å². The molecule has 0 spiro atoms. The molecule has 1 aromatic rings. The predicted molar refractivity (Wildman–Crippen MR) is 172 cm³/mol. The molecule has 2 rings (SSSR count). The fraction of sp³-hybridized carbons (Fsp3) is 0.806. The summed E-state index contributed by atoms with van der Waals surface area (Å²) < 4.78 is 17.6. The van der Waals surface area contributed by atoms with Crippen LogP contribution in [-0.4, -0.2) is 41.3 Å². The first-order valence-corrected chi connectivity index (χ1v) is 16.8. The third kappa shape index (κ3) is 11.0. The summed E-state index contributed by atoms with van der Waals surface area (Å²) in [7, 11) is 0. The van der Waals surface area contributed by atoms with Gasteiger partial charge in [0.15, 0.2) is 0 Å². The van der Waals surface area contributed by atoms with E-state index in [0.29, 0.717) is 12.2 Å². The highest BCUT2D eigenvalue weighted by molar-refractivity contribution is 5.68. The molecule has 1 aromatic carbocycles. The van der Waals surface area contributed by atoms with Crippen molar-refractivity contribution in [2.75, 3.05) is 13.2 Å². The van der Waals surface area contributed by atoms with Crippen molar-refractivity contribution in [2.45, 2.75) is 151 Å². The van der Waals surface area contributed by atoms with E-state index in [1.54, 1.807) is 0 Å². The number of hydrogen-bond donors (Lipinski definition) is 2. The molecule has 2 N–H and O–H groups in total. The summed E-state index contributed by atoms with van der Waals surface area (Å²) in [6, 6.07) is 0. The van der Waals surface area contributed by atoms with Crippen LogP contribution in [0.4, 0.5) is 4.79 Å². The topological polar surface area (TPSA) is 85.2 Å². The molecule has 0 amide bonds. The number of carbonyl (C=O) groups is 1. The van der Waals surface area contributed by atoms with Crippen LogP contribution >= 0.6 is 0 Å². The average Bonchev–Trinajstić information content (AvgIpc) is 2.93. The number of benzene rings is 1. The molecule has 0 bridgehead atoms. The lowest BCUT2D eigenvalue weighted by molar-refractivity contribution is 0.000172. The Bertz CT molecular complexity index is 968. The molecule has 0 aliphatic carbocycles. The molecule has 0 radical (unpaired) electrons. The van der Waals surface area contributed by atoms with Gasteiger partial charge in [0, 0.05) is 18.1 Å². The molecule has 0 fully saturated rings. The van der Waals surface area contributed by atoms with Gasteiger partial charge in [0.05, 0.1) is 6.10 Å². The van der Waals surface area contributed by atoms with E-state index in [0.717, 1.165) is 65.0 Å². The number of carbonyl (C=O) groups excluding carboxylic acids is 1. The van der Waals surface area contributed by atoms with Crippen LogP contribution in [0, 0.1) is 44.4 Å². The molecule has 0 saturated heterocycles. The number of aliphatic hydroxyl groups excluding tert-OH is 2. The first kappa shape index (κ1) is 36.4. The monoisotopic (exact) mass is 590 g/mol. The fourth-order valence-corrected chi connectivity index (χ4v) is 6.34. The summed E-state index contributed by atoms with van der Waals surface area (Å²) in [6.45, 7) is 19.2. The summed E-state index contributed by atoms with van der Waals surface area (Å²) in [4.78, 5) is 12.5. The molecule has 5 atom stereocenters. The Morgan fingerprint density at radius 2 is 1.52 bits per heavy atom. The second-order valence-corrected chi connectivity index (χ2v) is 14.0. The van der Waals surface area contributed by atoms with Crippen LogP contribution in [0.2, 0.25) is 0 Å². The Kier molecular flexibility index (Phi) is 15.2. The molecular weight excluding hydrogens is 528 g/mol. The van der Waals surface area contributed by atoms with Gasteiger partial charge in [-0.3, -0.25) is 0 Å². The van der Waals surface area contributed by atoms with Crippen molar-refractivity contribution in [2.24, 2.45) is 23.7 Å². The molecule has 42 heavy (non-hydrogen) atoms. The number of rotatable bonds is 18. The maximum absolute atomic E-state index is 12.5. The summed E-state index contributed by atoms with van der Waals surface area (Å²) in [5.74, 6) is 3.52. The van der Waals surface area contributed by atoms with Crippen molar-refractivity contribution < 1.29 is 29.2 Å². The van der Waals surface area contributed by atoms with Gasteiger partial charge in [0.2, 0.25) is 0 Å². The Morgan fingerprint density at radius 1 is 0.929 bits per heavy atom. The largest absolute Gasteiger partial charge is 0.513 e. The van der Waals surface area contributed by atoms with E-state index in [1.807, 2.05) is 27.7 Å². The van der Waals surface area contributed by atoms with E-state index in [1.165, 1.54) is 51.4 Å². The second kappa shape index (κ2) is 17.5. The van der Waals surface area contributed by atoms with E-state index < -0.39 is 12.3 Å². The van der Waals surface area contributed by atoms with E-state index in [-0.39, 0.29) is 24.7 Å². The molecule has 1 heterocycles. The van der Waals surface area contributed by atoms with Crippen LogP contribution in [0.25, 0.3) is 0 Å². The van der Waals surface area contributed by atoms with Crippen LogP contribution in [0.15, 0.2) is 0 Å². The quantitative estimate of drug-likeness (QED) is 0.131. The van der Waals surface area contributed by atoms with Crippen LogP contribution in [0.5, 0.6) is 11.5 Å². The first-order chi connectivity index (χ1) is 19.8. The number of aliphatic hydroxyl groups is 2. The van der Waals surface area contributed by atoms with Gasteiger partial charge >= 0.3 is 6.16 Å². The van der Waals surface area contributed by atoms with Crippen LogP contribution in [0.3, 0.4) is 0 Å². The summed E-state index contributed by atoms with van der Waals surface area (Å²) in [5.41, 5.74) is 3.66. The smallest absolute Gasteiger partial charge is 0.487 e. The zero-order valence-electron chi connectivity index (χ0n) is 28.3. The highest BCUT2D eigenvalue weighted by Crippen LogP contribution is 2.45. The molecular formula is C36H62O6. The zero-order chi connectivity index (χ0) is 31.4. The van der Waals surface area contributed by atoms with Gasteiger partial charge in [-0.25, -0.2) is 4.79 Å². The van der Waals surface area contributed by atoms with Crippen molar-refractivity contribution in [3.63, 3.8) is 0 Å². The normalized spacial score (nSPS) is 19.5. The average molecular weight is 591 g/mol. The number of hydrogen-bond acceptors (Lipinski definition) is 6. The lowest BCUT2D eigenvalue weighted by atomic mass is 9.83. The highest BCUT2D eigenvalue weighted by atomic mass is 16.7. The summed E-state index contributed by atoms with van der Waals surface area (Å²) >= 11 is 0. The molecule has 0 aromatic heterocycles.